The number of ether oxygens (including phenoxy) is 2. The van der Waals surface area contributed by atoms with Crippen LogP contribution in [0.1, 0.15) is 25.1 Å². The van der Waals surface area contributed by atoms with Gasteiger partial charge in [-0.15, -0.1) is 0 Å². The highest BCUT2D eigenvalue weighted by atomic mass is 16.5. The number of hydrogen-bond donors (Lipinski definition) is 0. The van der Waals surface area contributed by atoms with Crippen LogP contribution in [0.3, 0.4) is 0 Å². The normalized spacial score (nSPS) is 20.8. The van der Waals surface area contributed by atoms with Gasteiger partial charge in [-0.25, -0.2) is 0 Å². The molecular formula is C18H29N3O3. The van der Waals surface area contributed by atoms with E-state index in [4.69, 9.17) is 9.47 Å². The zero-order chi connectivity index (χ0) is 17.7. The maximum atomic E-state index is 11.6. The number of likely N-dealkylation sites (N-methyl/N-ethyl adjacent to an activating group) is 1. The molecule has 1 fully saturated rings. The van der Waals surface area contributed by atoms with Crippen molar-refractivity contribution >= 4 is 5.91 Å². The van der Waals surface area contributed by atoms with E-state index in [1.165, 1.54) is 10.5 Å². The van der Waals surface area contributed by atoms with Gasteiger partial charge in [0.25, 0.3) is 0 Å². The number of pyridine rings is 1. The van der Waals surface area contributed by atoms with Gasteiger partial charge in [0.15, 0.2) is 0 Å². The summed E-state index contributed by atoms with van der Waals surface area (Å²) in [6.07, 6.45) is 1.79. The second-order valence-corrected chi connectivity index (χ2v) is 7.24. The summed E-state index contributed by atoms with van der Waals surface area (Å²) in [5, 5.41) is 0. The smallest absolute Gasteiger partial charge is 0.248 e. The Kier molecular flexibility index (Phi) is 6.32. The number of hydrogen-bond acceptors (Lipinski definition) is 5. The lowest BCUT2D eigenvalue weighted by Crippen LogP contribution is -2.53. The van der Waals surface area contributed by atoms with E-state index in [-0.39, 0.29) is 24.2 Å². The minimum absolute atomic E-state index is 0.0361. The van der Waals surface area contributed by atoms with Crippen LogP contribution in [-0.2, 0) is 20.8 Å². The van der Waals surface area contributed by atoms with E-state index in [9.17, 15) is 4.79 Å². The van der Waals surface area contributed by atoms with Gasteiger partial charge in [0.2, 0.25) is 5.91 Å². The molecule has 2 rings (SSSR count). The van der Waals surface area contributed by atoms with Gasteiger partial charge in [-0.2, -0.15) is 0 Å². The Bertz CT molecular complexity index is 560. The first kappa shape index (κ1) is 18.8. The molecule has 0 N–H and O–H groups in total. The van der Waals surface area contributed by atoms with Gasteiger partial charge in [-0.3, -0.25) is 14.7 Å². The minimum atomic E-state index is -0.249. The Morgan fingerprint density at radius 3 is 2.92 bits per heavy atom. The Labute approximate surface area is 144 Å². The lowest BCUT2D eigenvalue weighted by molar-refractivity contribution is -0.161. The van der Waals surface area contributed by atoms with Gasteiger partial charge in [0.05, 0.1) is 24.0 Å². The van der Waals surface area contributed by atoms with Gasteiger partial charge in [-0.05, 0) is 32.4 Å². The maximum Gasteiger partial charge on any atom is 0.248 e. The molecule has 1 atom stereocenters. The van der Waals surface area contributed by atoms with Crippen molar-refractivity contribution < 1.29 is 14.3 Å². The predicted molar refractivity (Wildman–Crippen MR) is 92.7 cm³/mol. The third-order valence-electron chi connectivity index (χ3n) is 4.07. The average Bonchev–Trinajstić information content (AvgIpc) is 2.48. The molecule has 6 nitrogen and oxygen atoms in total. The van der Waals surface area contributed by atoms with Crippen molar-refractivity contribution in [1.82, 2.24) is 14.8 Å². The molecule has 0 radical (unpaired) electrons. The number of nitrogens with zero attached hydrogens (tertiary/aromatic N) is 3. The van der Waals surface area contributed by atoms with Crippen LogP contribution in [0, 0.1) is 6.92 Å². The summed E-state index contributed by atoms with van der Waals surface area (Å²) in [6, 6.07) is 4.04. The summed E-state index contributed by atoms with van der Waals surface area (Å²) in [7, 11) is 3.45. The highest BCUT2D eigenvalue weighted by molar-refractivity contribution is 5.76. The molecule has 0 aliphatic carbocycles. The fourth-order valence-electron chi connectivity index (χ4n) is 2.93. The standard InChI is InChI=1S/C18H29N3O3/c1-14-7-6-8-19-16(14)10-21-9-15(24-18(2,3)13-21)11-23-12-17(22)20(4)5/h6-8,15H,9-13H2,1-5H3/t15-/m0/s1. The number of carbonyl (C=O) groups is 1. The molecule has 1 aliphatic rings. The van der Waals surface area contributed by atoms with Crippen LogP contribution in [0.25, 0.3) is 0 Å². The van der Waals surface area contributed by atoms with Crippen molar-refractivity contribution in [3.05, 3.63) is 29.6 Å². The SMILES string of the molecule is Cc1cccnc1CN1C[C@@H](COCC(=O)N(C)C)OC(C)(C)C1. The van der Waals surface area contributed by atoms with Crippen LogP contribution < -0.4 is 0 Å². The number of aryl methyl sites for hydroxylation is 1. The summed E-state index contributed by atoms with van der Waals surface area (Å²) in [5.41, 5.74) is 2.05. The predicted octanol–water partition coefficient (Wildman–Crippen LogP) is 1.47. The molecule has 0 unspecified atom stereocenters. The second-order valence-electron chi connectivity index (χ2n) is 7.24. The third kappa shape index (κ3) is 5.54. The highest BCUT2D eigenvalue weighted by Gasteiger charge is 2.33. The summed E-state index contributed by atoms with van der Waals surface area (Å²) in [4.78, 5) is 20.0. The summed E-state index contributed by atoms with van der Waals surface area (Å²) in [6.45, 7) is 9.18. The van der Waals surface area contributed by atoms with E-state index in [0.29, 0.717) is 6.61 Å². The van der Waals surface area contributed by atoms with Crippen LogP contribution in [0.5, 0.6) is 0 Å². The van der Waals surface area contributed by atoms with Crippen LogP contribution in [0.4, 0.5) is 0 Å². The van der Waals surface area contributed by atoms with E-state index in [0.717, 1.165) is 25.3 Å². The number of carbonyl (C=O) groups excluding carboxylic acids is 1. The fourth-order valence-corrected chi connectivity index (χ4v) is 2.93. The molecule has 1 aliphatic heterocycles. The molecule has 0 saturated carbocycles. The first-order valence-corrected chi connectivity index (χ1v) is 8.35. The van der Waals surface area contributed by atoms with E-state index in [1.807, 2.05) is 12.3 Å². The quantitative estimate of drug-likeness (QED) is 0.788. The van der Waals surface area contributed by atoms with E-state index in [2.05, 4.69) is 36.7 Å². The van der Waals surface area contributed by atoms with E-state index < -0.39 is 0 Å². The molecule has 134 valence electrons. The topological polar surface area (TPSA) is 54.9 Å². The number of morpholine rings is 1. The van der Waals surface area contributed by atoms with Crippen LogP contribution in [-0.4, -0.2) is 72.8 Å². The van der Waals surface area contributed by atoms with Gasteiger partial charge in [0, 0.05) is 39.9 Å². The number of amides is 1. The molecule has 1 amide bonds. The first-order valence-electron chi connectivity index (χ1n) is 8.35. The largest absolute Gasteiger partial charge is 0.369 e. The molecule has 2 heterocycles. The van der Waals surface area contributed by atoms with Gasteiger partial charge in [0.1, 0.15) is 6.61 Å². The van der Waals surface area contributed by atoms with Crippen LogP contribution in [0.2, 0.25) is 0 Å². The Morgan fingerprint density at radius 1 is 1.50 bits per heavy atom. The fraction of sp³-hybridized carbons (Fsp3) is 0.667. The summed E-state index contributed by atoms with van der Waals surface area (Å²) in [5.74, 6) is -0.0361. The molecule has 0 aromatic carbocycles. The third-order valence-corrected chi connectivity index (χ3v) is 4.07. The lowest BCUT2D eigenvalue weighted by Gasteiger charge is -2.42. The van der Waals surface area contributed by atoms with Crippen LogP contribution in [0.15, 0.2) is 18.3 Å². The van der Waals surface area contributed by atoms with E-state index in [1.54, 1.807) is 14.1 Å². The molecule has 24 heavy (non-hydrogen) atoms. The van der Waals surface area contributed by atoms with Gasteiger partial charge < -0.3 is 14.4 Å². The monoisotopic (exact) mass is 335 g/mol. The lowest BCUT2D eigenvalue weighted by atomic mass is 10.0. The Morgan fingerprint density at radius 2 is 2.25 bits per heavy atom. The second kappa shape index (κ2) is 8.05. The zero-order valence-electron chi connectivity index (χ0n) is 15.4. The molecule has 1 aromatic heterocycles. The highest BCUT2D eigenvalue weighted by Crippen LogP contribution is 2.23. The maximum absolute atomic E-state index is 11.6. The number of rotatable bonds is 6. The molecule has 1 aromatic rings. The Hall–Kier alpha value is -1.50. The van der Waals surface area contributed by atoms with Crippen molar-refractivity contribution in [2.24, 2.45) is 0 Å². The molecule has 0 bridgehead atoms. The van der Waals surface area contributed by atoms with Crippen molar-refractivity contribution in [2.75, 3.05) is 40.4 Å². The van der Waals surface area contributed by atoms with Crippen molar-refractivity contribution in [1.29, 1.82) is 0 Å². The molecule has 1 saturated heterocycles. The minimum Gasteiger partial charge on any atom is -0.369 e. The van der Waals surface area contributed by atoms with E-state index >= 15 is 0 Å². The summed E-state index contributed by atoms with van der Waals surface area (Å²) >= 11 is 0. The number of aromatic nitrogens is 1. The van der Waals surface area contributed by atoms with Gasteiger partial charge in [-0.1, -0.05) is 6.07 Å². The molecule has 0 spiro atoms. The average molecular weight is 335 g/mol. The zero-order valence-corrected chi connectivity index (χ0v) is 15.4. The first-order chi connectivity index (χ1) is 11.3. The van der Waals surface area contributed by atoms with Crippen molar-refractivity contribution in [3.63, 3.8) is 0 Å². The molecule has 6 heteroatoms. The van der Waals surface area contributed by atoms with Crippen molar-refractivity contribution in [2.45, 2.75) is 39.0 Å². The van der Waals surface area contributed by atoms with Crippen LogP contribution >= 0.6 is 0 Å². The van der Waals surface area contributed by atoms with Crippen molar-refractivity contribution in [3.8, 4) is 0 Å². The Balaban J connectivity index is 1.91. The van der Waals surface area contributed by atoms with Gasteiger partial charge >= 0.3 is 0 Å². The molecular weight excluding hydrogens is 306 g/mol. The summed E-state index contributed by atoms with van der Waals surface area (Å²) < 4.78 is 11.7.